The minimum absolute atomic E-state index is 0.0561. The van der Waals surface area contributed by atoms with Crippen LogP contribution in [0.5, 0.6) is 28.7 Å². The molecule has 3 rings (SSSR count). The molecule has 0 saturated carbocycles. The maximum absolute atomic E-state index is 11.9. The molecule has 1 heterocycles. The molecule has 1 atom stereocenters. The lowest BCUT2D eigenvalue weighted by Gasteiger charge is -2.13. The van der Waals surface area contributed by atoms with Crippen molar-refractivity contribution in [2.75, 3.05) is 33.7 Å². The highest BCUT2D eigenvalue weighted by atomic mass is 16.7. The Balaban J connectivity index is 1.26. The number of hydrogen-bond acceptors (Lipinski definition) is 7. The van der Waals surface area contributed by atoms with Crippen LogP contribution < -0.4 is 29.0 Å². The van der Waals surface area contributed by atoms with Crippen molar-refractivity contribution in [3.63, 3.8) is 0 Å². The summed E-state index contributed by atoms with van der Waals surface area (Å²) in [4.78, 5) is 11.9. The number of carbonyl (C=O) groups is 1. The Hall–Kier alpha value is -3.13. The second-order valence-corrected chi connectivity index (χ2v) is 6.41. The van der Waals surface area contributed by atoms with E-state index in [9.17, 15) is 9.90 Å². The number of methoxy groups -OCH3 is 1. The largest absolute Gasteiger partial charge is 0.497 e. The second kappa shape index (κ2) is 10.4. The van der Waals surface area contributed by atoms with E-state index in [-0.39, 0.29) is 25.9 Å². The van der Waals surface area contributed by atoms with Crippen molar-refractivity contribution in [2.45, 2.75) is 18.9 Å². The highest BCUT2D eigenvalue weighted by molar-refractivity contribution is 5.75. The third kappa shape index (κ3) is 6.46. The van der Waals surface area contributed by atoms with E-state index in [0.717, 1.165) is 11.5 Å². The van der Waals surface area contributed by atoms with Gasteiger partial charge in [-0.2, -0.15) is 0 Å². The van der Waals surface area contributed by atoms with Gasteiger partial charge in [0, 0.05) is 19.0 Å². The maximum Gasteiger partial charge on any atom is 0.231 e. The zero-order valence-electron chi connectivity index (χ0n) is 16.3. The molecule has 0 spiro atoms. The summed E-state index contributed by atoms with van der Waals surface area (Å²) in [6.07, 6.45) is 0.0630. The zero-order chi connectivity index (χ0) is 20.5. The van der Waals surface area contributed by atoms with Gasteiger partial charge in [0.05, 0.1) is 13.7 Å². The molecule has 0 aromatic heterocycles. The lowest BCUT2D eigenvalue weighted by molar-refractivity contribution is -0.121. The number of ether oxygens (including phenoxy) is 5. The fourth-order valence-corrected chi connectivity index (χ4v) is 2.63. The van der Waals surface area contributed by atoms with E-state index in [1.807, 2.05) is 24.3 Å². The molecule has 29 heavy (non-hydrogen) atoms. The first-order valence-corrected chi connectivity index (χ1v) is 9.38. The molecule has 1 aliphatic heterocycles. The highest BCUT2D eigenvalue weighted by Crippen LogP contribution is 2.35. The third-order valence-corrected chi connectivity index (χ3v) is 4.20. The number of rotatable bonds is 11. The van der Waals surface area contributed by atoms with E-state index in [2.05, 4.69) is 5.32 Å². The van der Waals surface area contributed by atoms with Gasteiger partial charge in [0.25, 0.3) is 0 Å². The Bertz CT molecular complexity index is 794. The molecule has 0 aliphatic carbocycles. The predicted molar refractivity (Wildman–Crippen MR) is 105 cm³/mol. The fourth-order valence-electron chi connectivity index (χ4n) is 2.63. The summed E-state index contributed by atoms with van der Waals surface area (Å²) in [6.45, 7) is 0.789. The number of hydrogen-bond donors (Lipinski definition) is 2. The SMILES string of the molecule is COc1ccc(OCCCC(=O)NCC(O)COc2ccc3c(c2)OCO3)cc1. The van der Waals surface area contributed by atoms with Gasteiger partial charge >= 0.3 is 0 Å². The molecular formula is C21H25NO7. The van der Waals surface area contributed by atoms with Gasteiger partial charge in [0.15, 0.2) is 11.5 Å². The van der Waals surface area contributed by atoms with Gasteiger partial charge in [-0.3, -0.25) is 4.79 Å². The Morgan fingerprint density at radius 2 is 1.79 bits per heavy atom. The monoisotopic (exact) mass is 403 g/mol. The normalized spacial score (nSPS) is 12.9. The third-order valence-electron chi connectivity index (χ3n) is 4.20. The Labute approximate surface area is 169 Å². The summed E-state index contributed by atoms with van der Waals surface area (Å²) >= 11 is 0. The number of fused-ring (bicyclic) bond motifs is 1. The van der Waals surface area contributed by atoms with Crippen LogP contribution in [0.1, 0.15) is 12.8 Å². The minimum Gasteiger partial charge on any atom is -0.497 e. The summed E-state index contributed by atoms with van der Waals surface area (Å²) in [5, 5.41) is 12.7. The van der Waals surface area contributed by atoms with E-state index < -0.39 is 6.10 Å². The Kier molecular flexibility index (Phi) is 7.40. The van der Waals surface area contributed by atoms with Gasteiger partial charge in [-0.15, -0.1) is 0 Å². The second-order valence-electron chi connectivity index (χ2n) is 6.41. The van der Waals surface area contributed by atoms with Gasteiger partial charge in [-0.1, -0.05) is 0 Å². The van der Waals surface area contributed by atoms with Crippen LogP contribution in [0.25, 0.3) is 0 Å². The van der Waals surface area contributed by atoms with Crippen LogP contribution in [-0.4, -0.2) is 50.8 Å². The first-order valence-electron chi connectivity index (χ1n) is 9.38. The molecule has 0 bridgehead atoms. The Morgan fingerprint density at radius 3 is 2.59 bits per heavy atom. The van der Waals surface area contributed by atoms with Gasteiger partial charge in [-0.25, -0.2) is 0 Å². The van der Waals surface area contributed by atoms with Crippen LogP contribution in [-0.2, 0) is 4.79 Å². The molecule has 8 nitrogen and oxygen atoms in total. The van der Waals surface area contributed by atoms with Crippen molar-refractivity contribution in [3.05, 3.63) is 42.5 Å². The lowest BCUT2D eigenvalue weighted by Crippen LogP contribution is -2.35. The molecule has 2 aromatic rings. The molecule has 1 unspecified atom stereocenters. The fraction of sp³-hybridized carbons (Fsp3) is 0.381. The van der Waals surface area contributed by atoms with Crippen LogP contribution in [0.15, 0.2) is 42.5 Å². The van der Waals surface area contributed by atoms with Crippen molar-refractivity contribution in [1.82, 2.24) is 5.32 Å². The maximum atomic E-state index is 11.9. The van der Waals surface area contributed by atoms with Crippen molar-refractivity contribution in [1.29, 1.82) is 0 Å². The topological polar surface area (TPSA) is 95.5 Å². The summed E-state index contributed by atoms with van der Waals surface area (Å²) in [6, 6.07) is 12.5. The quantitative estimate of drug-likeness (QED) is 0.555. The minimum atomic E-state index is -0.820. The number of benzene rings is 2. The molecule has 1 amide bonds. The molecule has 0 fully saturated rings. The van der Waals surface area contributed by atoms with Gasteiger partial charge in [0.2, 0.25) is 12.7 Å². The Morgan fingerprint density at radius 1 is 1.07 bits per heavy atom. The first-order chi connectivity index (χ1) is 14.1. The molecule has 2 N–H and O–H groups in total. The summed E-state index contributed by atoms with van der Waals surface area (Å²) in [7, 11) is 1.61. The van der Waals surface area contributed by atoms with E-state index in [1.165, 1.54) is 0 Å². The molecule has 0 saturated heterocycles. The van der Waals surface area contributed by atoms with Crippen LogP contribution >= 0.6 is 0 Å². The molecule has 156 valence electrons. The molecule has 1 aliphatic rings. The number of amides is 1. The smallest absolute Gasteiger partial charge is 0.231 e. The standard InChI is InChI=1S/C21H25NO7/c1-25-16-4-6-17(7-5-16)26-10-2-3-21(24)22-12-15(23)13-27-18-8-9-19-20(11-18)29-14-28-19/h4-9,11,15,23H,2-3,10,12-14H2,1H3,(H,22,24). The predicted octanol–water partition coefficient (Wildman–Crippen LogP) is 2.14. The summed E-state index contributed by atoms with van der Waals surface area (Å²) in [5.74, 6) is 3.18. The van der Waals surface area contributed by atoms with Crippen molar-refractivity contribution in [2.24, 2.45) is 0 Å². The van der Waals surface area contributed by atoms with E-state index in [4.69, 9.17) is 23.7 Å². The lowest BCUT2D eigenvalue weighted by atomic mass is 10.3. The van der Waals surface area contributed by atoms with Crippen LogP contribution in [0.2, 0.25) is 0 Å². The molecule has 0 radical (unpaired) electrons. The van der Waals surface area contributed by atoms with Crippen molar-refractivity contribution >= 4 is 5.91 Å². The van der Waals surface area contributed by atoms with Crippen LogP contribution in [0.3, 0.4) is 0 Å². The molecule has 8 heteroatoms. The highest BCUT2D eigenvalue weighted by Gasteiger charge is 2.14. The van der Waals surface area contributed by atoms with Gasteiger partial charge in [0.1, 0.15) is 30.0 Å². The van der Waals surface area contributed by atoms with E-state index in [0.29, 0.717) is 36.7 Å². The van der Waals surface area contributed by atoms with Crippen LogP contribution in [0, 0.1) is 0 Å². The first kappa shape index (κ1) is 20.6. The average Bonchev–Trinajstić information content (AvgIpc) is 3.22. The van der Waals surface area contributed by atoms with E-state index in [1.54, 1.807) is 25.3 Å². The molecule has 2 aromatic carbocycles. The number of carbonyl (C=O) groups excluding carboxylic acids is 1. The summed E-state index contributed by atoms with van der Waals surface area (Å²) in [5.41, 5.74) is 0. The van der Waals surface area contributed by atoms with Crippen molar-refractivity contribution < 1.29 is 33.6 Å². The number of aliphatic hydroxyl groups is 1. The zero-order valence-corrected chi connectivity index (χ0v) is 16.3. The van der Waals surface area contributed by atoms with Crippen LogP contribution in [0.4, 0.5) is 0 Å². The summed E-state index contributed by atoms with van der Waals surface area (Å²) < 4.78 is 26.7. The molecular weight excluding hydrogens is 378 g/mol. The average molecular weight is 403 g/mol. The number of nitrogens with one attached hydrogen (secondary N) is 1. The van der Waals surface area contributed by atoms with E-state index >= 15 is 0 Å². The number of aliphatic hydroxyl groups excluding tert-OH is 1. The van der Waals surface area contributed by atoms with Gasteiger partial charge < -0.3 is 34.1 Å². The van der Waals surface area contributed by atoms with Gasteiger partial charge in [-0.05, 0) is 42.8 Å². The van der Waals surface area contributed by atoms with Crippen molar-refractivity contribution in [3.8, 4) is 28.7 Å².